The summed E-state index contributed by atoms with van der Waals surface area (Å²) in [7, 11) is 0. The zero-order valence-corrected chi connectivity index (χ0v) is 14.2. The summed E-state index contributed by atoms with van der Waals surface area (Å²) in [6.45, 7) is 1.02. The number of hydrogen-bond acceptors (Lipinski definition) is 4. The van der Waals surface area contributed by atoms with E-state index in [1.54, 1.807) is 28.0 Å². The summed E-state index contributed by atoms with van der Waals surface area (Å²) in [5.74, 6) is 0.305. The van der Waals surface area contributed by atoms with Crippen LogP contribution in [0.15, 0.2) is 46.7 Å². The molecule has 1 atom stereocenters. The monoisotopic (exact) mass is 346 g/mol. The highest BCUT2D eigenvalue weighted by Gasteiger charge is 2.30. The second-order valence-electron chi connectivity index (χ2n) is 5.50. The molecule has 4 nitrogen and oxygen atoms in total. The normalized spacial score (nSPS) is 17.4. The zero-order valence-electron chi connectivity index (χ0n) is 12.6. The molecule has 0 aliphatic carbocycles. The topological polar surface area (TPSA) is 63.4 Å². The van der Waals surface area contributed by atoms with Crippen molar-refractivity contribution >= 4 is 34.9 Å². The summed E-state index contributed by atoms with van der Waals surface area (Å²) in [5.41, 5.74) is 6.06. The number of carbonyl (C=O) groups is 2. The molecule has 0 spiro atoms. The fraction of sp³-hybridized carbons (Fsp3) is 0.294. The van der Waals surface area contributed by atoms with Gasteiger partial charge in [0, 0.05) is 28.6 Å². The molecule has 2 aromatic rings. The summed E-state index contributed by atoms with van der Waals surface area (Å²) in [6.07, 6.45) is 0.658. The van der Waals surface area contributed by atoms with Crippen LogP contribution in [0.2, 0.25) is 0 Å². The molecule has 3 rings (SSSR count). The maximum absolute atomic E-state index is 12.8. The number of benzene rings is 1. The Kier molecular flexibility index (Phi) is 5.03. The third kappa shape index (κ3) is 3.76. The van der Waals surface area contributed by atoms with Gasteiger partial charge in [0.15, 0.2) is 0 Å². The number of nitrogens with two attached hydrogens (primary N) is 1. The molecule has 0 radical (unpaired) electrons. The van der Waals surface area contributed by atoms with Gasteiger partial charge < -0.3 is 10.6 Å². The van der Waals surface area contributed by atoms with Gasteiger partial charge >= 0.3 is 0 Å². The van der Waals surface area contributed by atoms with Crippen LogP contribution in [0, 0.1) is 5.92 Å². The number of likely N-dealkylation sites (tertiary alicyclic amines) is 1. The third-order valence-corrected chi connectivity index (χ3v) is 6.13. The molecular formula is C17H18N2O2S2. The van der Waals surface area contributed by atoms with E-state index in [1.165, 1.54) is 4.88 Å². The van der Waals surface area contributed by atoms with E-state index < -0.39 is 0 Å². The quantitative estimate of drug-likeness (QED) is 0.847. The van der Waals surface area contributed by atoms with E-state index in [2.05, 4.69) is 11.4 Å². The number of thioether (sulfide) groups is 1. The van der Waals surface area contributed by atoms with Gasteiger partial charge in [-0.25, -0.2) is 0 Å². The zero-order chi connectivity index (χ0) is 16.2. The molecule has 120 valence electrons. The minimum absolute atomic E-state index is 0.0111. The predicted molar refractivity (Wildman–Crippen MR) is 93.5 cm³/mol. The average Bonchev–Trinajstić information content (AvgIpc) is 3.24. The van der Waals surface area contributed by atoms with Crippen LogP contribution in [0.5, 0.6) is 0 Å². The van der Waals surface area contributed by atoms with E-state index in [4.69, 9.17) is 5.73 Å². The van der Waals surface area contributed by atoms with Crippen molar-refractivity contribution in [3.63, 3.8) is 0 Å². The standard InChI is InChI=1S/C17H18N2O2S2/c18-16(20)12-7-8-19(10-12)17(21)14-5-1-2-6-15(14)23-11-13-4-3-9-22-13/h1-6,9,12H,7-8,10-11H2,(H2,18,20). The first-order valence-corrected chi connectivity index (χ1v) is 9.34. The first kappa shape index (κ1) is 16.1. The number of primary amides is 1. The molecule has 23 heavy (non-hydrogen) atoms. The smallest absolute Gasteiger partial charge is 0.255 e. The molecule has 1 saturated heterocycles. The van der Waals surface area contributed by atoms with E-state index in [0.717, 1.165) is 10.6 Å². The van der Waals surface area contributed by atoms with Crippen molar-refractivity contribution in [2.24, 2.45) is 11.7 Å². The first-order chi connectivity index (χ1) is 11.1. The highest BCUT2D eigenvalue weighted by molar-refractivity contribution is 7.98. The molecule has 0 saturated carbocycles. The van der Waals surface area contributed by atoms with Crippen LogP contribution in [0.1, 0.15) is 21.7 Å². The lowest BCUT2D eigenvalue weighted by molar-refractivity contribution is -0.121. The van der Waals surface area contributed by atoms with Crippen molar-refractivity contribution in [3.05, 3.63) is 52.2 Å². The van der Waals surface area contributed by atoms with Crippen LogP contribution in [0.4, 0.5) is 0 Å². The summed E-state index contributed by atoms with van der Waals surface area (Å²) in [6, 6.07) is 11.8. The van der Waals surface area contributed by atoms with Gasteiger partial charge in [0.25, 0.3) is 5.91 Å². The van der Waals surface area contributed by atoms with Crippen molar-refractivity contribution < 1.29 is 9.59 Å². The highest BCUT2D eigenvalue weighted by Crippen LogP contribution is 2.29. The number of nitrogens with zero attached hydrogens (tertiary/aromatic N) is 1. The Morgan fingerprint density at radius 1 is 1.26 bits per heavy atom. The number of carbonyl (C=O) groups excluding carboxylic acids is 2. The second-order valence-corrected chi connectivity index (χ2v) is 7.55. The Morgan fingerprint density at radius 2 is 2.09 bits per heavy atom. The Bertz CT molecular complexity index is 700. The molecule has 1 aliphatic heterocycles. The molecule has 2 amide bonds. The number of rotatable bonds is 5. The van der Waals surface area contributed by atoms with E-state index in [0.29, 0.717) is 25.1 Å². The van der Waals surface area contributed by atoms with Crippen molar-refractivity contribution in [1.82, 2.24) is 4.90 Å². The van der Waals surface area contributed by atoms with Gasteiger partial charge in [0.2, 0.25) is 5.91 Å². The molecule has 2 heterocycles. The number of hydrogen-bond donors (Lipinski definition) is 1. The Morgan fingerprint density at radius 3 is 2.78 bits per heavy atom. The Balaban J connectivity index is 1.72. The first-order valence-electron chi connectivity index (χ1n) is 7.48. The van der Waals surface area contributed by atoms with Crippen LogP contribution in [0.3, 0.4) is 0 Å². The minimum Gasteiger partial charge on any atom is -0.369 e. The third-order valence-electron chi connectivity index (χ3n) is 3.95. The summed E-state index contributed by atoms with van der Waals surface area (Å²) < 4.78 is 0. The molecule has 1 aliphatic rings. The molecule has 1 aromatic carbocycles. The molecule has 1 aromatic heterocycles. The predicted octanol–water partition coefficient (Wildman–Crippen LogP) is 2.99. The molecule has 6 heteroatoms. The second kappa shape index (κ2) is 7.19. The maximum Gasteiger partial charge on any atom is 0.255 e. The minimum atomic E-state index is -0.319. The van der Waals surface area contributed by atoms with Crippen molar-refractivity contribution in [3.8, 4) is 0 Å². The van der Waals surface area contributed by atoms with Gasteiger partial charge in [0.1, 0.15) is 0 Å². The summed E-state index contributed by atoms with van der Waals surface area (Å²) >= 11 is 3.39. The lowest BCUT2D eigenvalue weighted by atomic mass is 10.1. The van der Waals surface area contributed by atoms with Gasteiger partial charge in [-0.2, -0.15) is 0 Å². The fourth-order valence-electron chi connectivity index (χ4n) is 2.66. The van der Waals surface area contributed by atoms with E-state index in [9.17, 15) is 9.59 Å². The molecule has 1 unspecified atom stereocenters. The number of amides is 2. The number of thiophene rings is 1. The lowest BCUT2D eigenvalue weighted by Gasteiger charge is -2.18. The molecular weight excluding hydrogens is 328 g/mol. The molecule has 0 bridgehead atoms. The van der Waals surface area contributed by atoms with Crippen LogP contribution >= 0.6 is 23.1 Å². The van der Waals surface area contributed by atoms with Crippen LogP contribution in [0.25, 0.3) is 0 Å². The molecule has 1 fully saturated rings. The van der Waals surface area contributed by atoms with Gasteiger partial charge in [0.05, 0.1) is 11.5 Å². The SMILES string of the molecule is NC(=O)C1CCN(C(=O)c2ccccc2SCc2cccs2)C1. The summed E-state index contributed by atoms with van der Waals surface area (Å²) in [5, 5.41) is 2.06. The fourth-order valence-corrected chi connectivity index (χ4v) is 4.48. The summed E-state index contributed by atoms with van der Waals surface area (Å²) in [4.78, 5) is 28.0. The maximum atomic E-state index is 12.8. The van der Waals surface area contributed by atoms with E-state index in [-0.39, 0.29) is 17.7 Å². The van der Waals surface area contributed by atoms with Crippen molar-refractivity contribution in [1.29, 1.82) is 0 Å². The van der Waals surface area contributed by atoms with Crippen molar-refractivity contribution in [2.75, 3.05) is 13.1 Å². The highest BCUT2D eigenvalue weighted by atomic mass is 32.2. The average molecular weight is 346 g/mol. The van der Waals surface area contributed by atoms with Crippen LogP contribution in [-0.4, -0.2) is 29.8 Å². The van der Waals surface area contributed by atoms with Crippen LogP contribution in [-0.2, 0) is 10.5 Å². The van der Waals surface area contributed by atoms with Crippen LogP contribution < -0.4 is 5.73 Å². The molecule has 2 N–H and O–H groups in total. The Hall–Kier alpha value is -1.79. The van der Waals surface area contributed by atoms with Crippen molar-refractivity contribution in [2.45, 2.75) is 17.1 Å². The van der Waals surface area contributed by atoms with E-state index in [1.807, 2.05) is 30.3 Å². The van der Waals surface area contributed by atoms with Gasteiger partial charge in [-0.15, -0.1) is 23.1 Å². The van der Waals surface area contributed by atoms with Gasteiger partial charge in [-0.05, 0) is 30.0 Å². The van der Waals surface area contributed by atoms with E-state index >= 15 is 0 Å². The lowest BCUT2D eigenvalue weighted by Crippen LogP contribution is -2.32. The van der Waals surface area contributed by atoms with Gasteiger partial charge in [-0.1, -0.05) is 18.2 Å². The largest absolute Gasteiger partial charge is 0.369 e. The van der Waals surface area contributed by atoms with Gasteiger partial charge in [-0.3, -0.25) is 9.59 Å². The Labute approximate surface area is 143 Å².